The van der Waals surface area contributed by atoms with Gasteiger partial charge in [0.25, 0.3) is 0 Å². The topological polar surface area (TPSA) is 35.9 Å². The largest absolute Gasteiger partial charge is 0.338 e. The molecular formula is C16H29N3O. The lowest BCUT2D eigenvalue weighted by molar-refractivity contribution is -0.128. The fraction of sp³-hybridized carbons (Fsp3) is 0.750. The zero-order valence-electron chi connectivity index (χ0n) is 13.5. The summed E-state index contributed by atoms with van der Waals surface area (Å²) in [6.45, 7) is 13.4. The average Bonchev–Trinajstić information content (AvgIpc) is 2.44. The number of carbonyl (C=O) groups is 1. The summed E-state index contributed by atoms with van der Waals surface area (Å²) in [5.41, 5.74) is 2.51. The van der Waals surface area contributed by atoms with E-state index in [1.807, 2.05) is 4.90 Å². The van der Waals surface area contributed by atoms with Crippen LogP contribution in [0, 0.1) is 0 Å². The SMILES string of the molecule is C=NN(C1=C(C)CN(C(C)=O)CC1)C(CC)CCCC. The van der Waals surface area contributed by atoms with Crippen molar-refractivity contribution < 1.29 is 4.79 Å². The molecule has 114 valence electrons. The van der Waals surface area contributed by atoms with E-state index in [2.05, 4.69) is 37.6 Å². The molecule has 1 heterocycles. The van der Waals surface area contributed by atoms with Crippen LogP contribution >= 0.6 is 0 Å². The smallest absolute Gasteiger partial charge is 0.219 e. The number of nitrogens with zero attached hydrogens (tertiary/aromatic N) is 3. The Hall–Kier alpha value is -1.32. The molecule has 4 nitrogen and oxygen atoms in total. The predicted molar refractivity (Wildman–Crippen MR) is 84.6 cm³/mol. The Bertz CT molecular complexity index is 376. The molecule has 0 fully saturated rings. The van der Waals surface area contributed by atoms with Crippen molar-refractivity contribution in [3.63, 3.8) is 0 Å². The fourth-order valence-electron chi connectivity index (χ4n) is 2.85. The Morgan fingerprint density at radius 3 is 2.65 bits per heavy atom. The molecule has 1 aliphatic rings. The molecule has 1 aliphatic heterocycles. The number of hydrogen-bond donors (Lipinski definition) is 0. The molecule has 0 aromatic rings. The summed E-state index contributed by atoms with van der Waals surface area (Å²) in [7, 11) is 0. The molecule has 1 amide bonds. The number of hydrazone groups is 1. The highest BCUT2D eigenvalue weighted by atomic mass is 16.2. The highest BCUT2D eigenvalue weighted by Crippen LogP contribution is 2.26. The van der Waals surface area contributed by atoms with Gasteiger partial charge in [0.15, 0.2) is 0 Å². The van der Waals surface area contributed by atoms with E-state index in [-0.39, 0.29) is 5.91 Å². The van der Waals surface area contributed by atoms with Crippen LogP contribution in [0.4, 0.5) is 0 Å². The highest BCUT2D eigenvalue weighted by molar-refractivity contribution is 5.73. The van der Waals surface area contributed by atoms with Crippen LogP contribution in [0.25, 0.3) is 0 Å². The summed E-state index contributed by atoms with van der Waals surface area (Å²) >= 11 is 0. The quantitative estimate of drug-likeness (QED) is 0.529. The molecular weight excluding hydrogens is 250 g/mol. The van der Waals surface area contributed by atoms with E-state index < -0.39 is 0 Å². The van der Waals surface area contributed by atoms with E-state index in [4.69, 9.17) is 0 Å². The van der Waals surface area contributed by atoms with Gasteiger partial charge in [0.2, 0.25) is 5.91 Å². The molecule has 0 aromatic heterocycles. The summed E-state index contributed by atoms with van der Waals surface area (Å²) in [5, 5.41) is 6.39. The maximum atomic E-state index is 11.5. The summed E-state index contributed by atoms with van der Waals surface area (Å²) in [6, 6.07) is 0.432. The lowest BCUT2D eigenvalue weighted by atomic mass is 10.0. The van der Waals surface area contributed by atoms with E-state index in [0.29, 0.717) is 6.04 Å². The van der Waals surface area contributed by atoms with Crippen LogP contribution in [0.15, 0.2) is 16.4 Å². The first kappa shape index (κ1) is 16.7. The normalized spacial score (nSPS) is 17.1. The fourth-order valence-corrected chi connectivity index (χ4v) is 2.85. The lowest BCUT2D eigenvalue weighted by Gasteiger charge is -2.36. The monoisotopic (exact) mass is 279 g/mol. The Morgan fingerprint density at radius 2 is 2.20 bits per heavy atom. The van der Waals surface area contributed by atoms with E-state index in [1.165, 1.54) is 24.1 Å². The van der Waals surface area contributed by atoms with Gasteiger partial charge in [-0.15, -0.1) is 0 Å². The Kier molecular flexibility index (Phi) is 6.76. The zero-order chi connectivity index (χ0) is 15.1. The molecule has 0 N–H and O–H groups in total. The Morgan fingerprint density at radius 1 is 1.50 bits per heavy atom. The van der Waals surface area contributed by atoms with Crippen molar-refractivity contribution in [2.45, 2.75) is 65.8 Å². The maximum absolute atomic E-state index is 11.5. The second-order valence-electron chi connectivity index (χ2n) is 5.61. The third-order valence-electron chi connectivity index (χ3n) is 4.12. The van der Waals surface area contributed by atoms with Gasteiger partial charge in [-0.1, -0.05) is 26.7 Å². The highest BCUT2D eigenvalue weighted by Gasteiger charge is 2.25. The molecule has 0 saturated heterocycles. The summed E-state index contributed by atoms with van der Waals surface area (Å²) in [4.78, 5) is 13.4. The van der Waals surface area contributed by atoms with Crippen LogP contribution in [0.1, 0.15) is 59.8 Å². The lowest BCUT2D eigenvalue weighted by Crippen LogP contribution is -2.40. The van der Waals surface area contributed by atoms with E-state index in [1.54, 1.807) is 6.92 Å². The summed E-state index contributed by atoms with van der Waals surface area (Å²) in [6.07, 6.45) is 5.53. The molecule has 4 heteroatoms. The molecule has 0 bridgehead atoms. The number of hydrogen-bond acceptors (Lipinski definition) is 3. The molecule has 0 radical (unpaired) electrons. The molecule has 1 atom stereocenters. The van der Waals surface area contributed by atoms with Crippen molar-refractivity contribution in [1.82, 2.24) is 9.91 Å². The van der Waals surface area contributed by atoms with Crippen LogP contribution < -0.4 is 0 Å². The van der Waals surface area contributed by atoms with Crippen LogP contribution in [0.3, 0.4) is 0 Å². The first-order valence-corrected chi connectivity index (χ1v) is 7.75. The minimum atomic E-state index is 0.152. The van der Waals surface area contributed by atoms with Crippen molar-refractivity contribution in [2.75, 3.05) is 13.1 Å². The molecule has 1 unspecified atom stereocenters. The minimum Gasteiger partial charge on any atom is -0.338 e. The van der Waals surface area contributed by atoms with Gasteiger partial charge < -0.3 is 4.90 Å². The predicted octanol–water partition coefficient (Wildman–Crippen LogP) is 3.40. The Labute approximate surface area is 123 Å². The molecule has 0 saturated carbocycles. The van der Waals surface area contributed by atoms with Gasteiger partial charge in [-0.25, -0.2) is 0 Å². The molecule has 1 rings (SSSR count). The zero-order valence-corrected chi connectivity index (χ0v) is 13.5. The van der Waals surface area contributed by atoms with Crippen molar-refractivity contribution in [1.29, 1.82) is 0 Å². The van der Waals surface area contributed by atoms with E-state index in [0.717, 1.165) is 32.4 Å². The van der Waals surface area contributed by atoms with Gasteiger partial charge in [0, 0.05) is 38.8 Å². The van der Waals surface area contributed by atoms with Crippen LogP contribution in [0.2, 0.25) is 0 Å². The second kappa shape index (κ2) is 8.08. The number of amides is 1. The number of unbranched alkanes of at least 4 members (excludes halogenated alkanes) is 1. The third kappa shape index (κ3) is 4.09. The van der Waals surface area contributed by atoms with Crippen LogP contribution in [-0.2, 0) is 4.79 Å². The maximum Gasteiger partial charge on any atom is 0.219 e. The number of rotatable bonds is 7. The third-order valence-corrected chi connectivity index (χ3v) is 4.12. The standard InChI is InChI=1S/C16H29N3O/c1-6-8-9-15(7-2)19(17-5)16-10-11-18(14(4)20)12-13(16)3/h15H,5-12H2,1-4H3. The van der Waals surface area contributed by atoms with Gasteiger partial charge >= 0.3 is 0 Å². The van der Waals surface area contributed by atoms with Gasteiger partial charge in [-0.05, 0) is 25.3 Å². The van der Waals surface area contributed by atoms with E-state index >= 15 is 0 Å². The van der Waals surface area contributed by atoms with E-state index in [9.17, 15) is 4.79 Å². The first-order chi connectivity index (χ1) is 9.54. The van der Waals surface area contributed by atoms with Crippen molar-refractivity contribution in [3.05, 3.63) is 11.3 Å². The van der Waals surface area contributed by atoms with Crippen LogP contribution in [0.5, 0.6) is 0 Å². The van der Waals surface area contributed by atoms with Crippen molar-refractivity contribution >= 4 is 12.6 Å². The molecule has 20 heavy (non-hydrogen) atoms. The second-order valence-corrected chi connectivity index (χ2v) is 5.61. The number of carbonyl (C=O) groups excluding carboxylic acids is 1. The van der Waals surface area contributed by atoms with Crippen LogP contribution in [-0.4, -0.2) is 41.7 Å². The van der Waals surface area contributed by atoms with Gasteiger partial charge in [0.1, 0.15) is 0 Å². The van der Waals surface area contributed by atoms with Gasteiger partial charge in [-0.2, -0.15) is 5.10 Å². The first-order valence-electron chi connectivity index (χ1n) is 7.75. The van der Waals surface area contributed by atoms with Gasteiger partial charge in [-0.3, -0.25) is 9.80 Å². The Balaban J connectivity index is 2.85. The average molecular weight is 279 g/mol. The van der Waals surface area contributed by atoms with Crippen molar-refractivity contribution in [3.8, 4) is 0 Å². The molecule has 0 aromatic carbocycles. The summed E-state index contributed by atoms with van der Waals surface area (Å²) in [5.74, 6) is 0.152. The minimum absolute atomic E-state index is 0.152. The summed E-state index contributed by atoms with van der Waals surface area (Å²) < 4.78 is 0. The van der Waals surface area contributed by atoms with Crippen molar-refractivity contribution in [2.24, 2.45) is 5.10 Å². The molecule has 0 aliphatic carbocycles. The molecule has 0 spiro atoms. The van der Waals surface area contributed by atoms with Gasteiger partial charge in [0.05, 0.1) is 6.04 Å².